The predicted octanol–water partition coefficient (Wildman–Crippen LogP) is 5.29. The van der Waals surface area contributed by atoms with E-state index >= 15 is 0 Å². The number of rotatable bonds is 2. The summed E-state index contributed by atoms with van der Waals surface area (Å²) < 4.78 is 2.18. The number of fused-ring (bicyclic) bond motifs is 1. The number of hydrogen-bond acceptors (Lipinski definition) is 1. The lowest BCUT2D eigenvalue weighted by atomic mass is 10.0. The van der Waals surface area contributed by atoms with Gasteiger partial charge in [0.15, 0.2) is 0 Å². The molecule has 0 fully saturated rings. The van der Waals surface area contributed by atoms with Crippen molar-refractivity contribution in [3.05, 3.63) is 84.1 Å². The van der Waals surface area contributed by atoms with Crippen LogP contribution in [-0.4, -0.2) is 9.38 Å². The number of hydrogen-bond donors (Lipinski definition) is 0. The molecular formula is C21H18N2. The largest absolute Gasteiger partial charge is 0.299 e. The maximum absolute atomic E-state index is 4.88. The summed E-state index contributed by atoms with van der Waals surface area (Å²) in [5, 5.41) is 0. The van der Waals surface area contributed by atoms with Gasteiger partial charge in [-0.05, 0) is 38.1 Å². The topological polar surface area (TPSA) is 17.3 Å². The fraction of sp³-hybridized carbons (Fsp3) is 0.0952. The van der Waals surface area contributed by atoms with E-state index < -0.39 is 0 Å². The monoisotopic (exact) mass is 298 g/mol. The van der Waals surface area contributed by atoms with Crippen molar-refractivity contribution >= 4 is 5.65 Å². The lowest BCUT2D eigenvalue weighted by Gasteiger charge is -2.08. The molecule has 2 heteroatoms. The molecule has 0 aliphatic heterocycles. The Morgan fingerprint density at radius 3 is 2.17 bits per heavy atom. The van der Waals surface area contributed by atoms with E-state index in [1.165, 1.54) is 16.7 Å². The number of aromatic nitrogens is 2. The highest BCUT2D eigenvalue weighted by atomic mass is 15.0. The zero-order chi connectivity index (χ0) is 15.8. The van der Waals surface area contributed by atoms with Crippen LogP contribution in [0.5, 0.6) is 0 Å². The van der Waals surface area contributed by atoms with Gasteiger partial charge in [0.05, 0.1) is 11.4 Å². The van der Waals surface area contributed by atoms with Crippen molar-refractivity contribution in [3.8, 4) is 22.5 Å². The van der Waals surface area contributed by atoms with Crippen molar-refractivity contribution in [1.82, 2.24) is 9.38 Å². The highest BCUT2D eigenvalue weighted by molar-refractivity contribution is 5.82. The van der Waals surface area contributed by atoms with Crippen LogP contribution in [-0.2, 0) is 0 Å². The zero-order valence-electron chi connectivity index (χ0n) is 13.3. The normalized spacial score (nSPS) is 11.0. The third-order valence-corrected chi connectivity index (χ3v) is 4.07. The molecule has 4 aromatic rings. The van der Waals surface area contributed by atoms with E-state index in [0.717, 1.165) is 22.6 Å². The van der Waals surface area contributed by atoms with Gasteiger partial charge in [0, 0.05) is 17.3 Å². The summed E-state index contributed by atoms with van der Waals surface area (Å²) in [7, 11) is 0. The lowest BCUT2D eigenvalue weighted by Crippen LogP contribution is -1.91. The molecule has 0 saturated heterocycles. The van der Waals surface area contributed by atoms with Crippen LogP contribution >= 0.6 is 0 Å². The van der Waals surface area contributed by atoms with Gasteiger partial charge in [0.2, 0.25) is 0 Å². The highest BCUT2D eigenvalue weighted by Gasteiger charge is 2.15. The zero-order valence-corrected chi connectivity index (χ0v) is 13.3. The molecule has 2 heterocycles. The Morgan fingerprint density at radius 1 is 0.739 bits per heavy atom. The van der Waals surface area contributed by atoms with E-state index in [0.29, 0.717) is 0 Å². The van der Waals surface area contributed by atoms with Crippen LogP contribution in [0.2, 0.25) is 0 Å². The van der Waals surface area contributed by atoms with Crippen molar-refractivity contribution < 1.29 is 0 Å². The average molecular weight is 298 g/mol. The van der Waals surface area contributed by atoms with Crippen LogP contribution in [0.3, 0.4) is 0 Å². The number of benzene rings is 2. The molecule has 2 nitrogen and oxygen atoms in total. The van der Waals surface area contributed by atoms with Crippen molar-refractivity contribution in [2.75, 3.05) is 0 Å². The van der Waals surface area contributed by atoms with Gasteiger partial charge in [-0.2, -0.15) is 0 Å². The van der Waals surface area contributed by atoms with Crippen LogP contribution in [0.4, 0.5) is 0 Å². The number of aryl methyl sites for hydroxylation is 2. The summed E-state index contributed by atoms with van der Waals surface area (Å²) in [6.45, 7) is 4.28. The summed E-state index contributed by atoms with van der Waals surface area (Å²) in [6.07, 6.45) is 2.09. The van der Waals surface area contributed by atoms with Crippen molar-refractivity contribution in [2.24, 2.45) is 0 Å². The maximum atomic E-state index is 4.88. The minimum atomic E-state index is 0.973. The van der Waals surface area contributed by atoms with E-state index in [1.54, 1.807) is 0 Å². The van der Waals surface area contributed by atoms with E-state index in [-0.39, 0.29) is 0 Å². The molecule has 4 rings (SSSR count). The molecule has 0 saturated carbocycles. The maximum Gasteiger partial charge on any atom is 0.137 e. The Labute approximate surface area is 136 Å². The fourth-order valence-electron chi connectivity index (χ4n) is 3.18. The van der Waals surface area contributed by atoms with Gasteiger partial charge in [0.1, 0.15) is 5.65 Å². The van der Waals surface area contributed by atoms with Gasteiger partial charge < -0.3 is 0 Å². The first-order valence-electron chi connectivity index (χ1n) is 7.83. The van der Waals surface area contributed by atoms with E-state index in [1.807, 2.05) is 12.1 Å². The van der Waals surface area contributed by atoms with E-state index in [4.69, 9.17) is 4.98 Å². The third-order valence-electron chi connectivity index (χ3n) is 4.07. The Hall–Kier alpha value is -2.87. The Morgan fingerprint density at radius 2 is 1.43 bits per heavy atom. The Kier molecular flexibility index (Phi) is 3.23. The highest BCUT2D eigenvalue weighted by Crippen LogP contribution is 2.33. The molecule has 23 heavy (non-hydrogen) atoms. The second-order valence-electron chi connectivity index (χ2n) is 5.98. The fourth-order valence-corrected chi connectivity index (χ4v) is 3.18. The van der Waals surface area contributed by atoms with Gasteiger partial charge in [-0.3, -0.25) is 4.40 Å². The standard InChI is InChI=1S/C21H18N2/c1-15-12-16(2)14-18(13-15)21-20(17-8-4-3-5-9-17)22-19-10-6-7-11-23(19)21/h3-14H,1-2H3. The molecule has 2 aromatic heterocycles. The molecule has 0 spiro atoms. The third kappa shape index (κ3) is 2.42. The van der Waals surface area contributed by atoms with Gasteiger partial charge in [0.25, 0.3) is 0 Å². The van der Waals surface area contributed by atoms with Crippen LogP contribution in [0.25, 0.3) is 28.2 Å². The van der Waals surface area contributed by atoms with Crippen molar-refractivity contribution in [3.63, 3.8) is 0 Å². The second-order valence-corrected chi connectivity index (χ2v) is 5.98. The quantitative estimate of drug-likeness (QED) is 0.492. The molecule has 0 amide bonds. The van der Waals surface area contributed by atoms with Crippen LogP contribution in [0, 0.1) is 13.8 Å². The molecule has 0 atom stereocenters. The average Bonchev–Trinajstić information content (AvgIpc) is 2.94. The molecule has 2 aromatic carbocycles. The summed E-state index contributed by atoms with van der Waals surface area (Å²) in [5.74, 6) is 0. The number of imidazole rings is 1. The predicted molar refractivity (Wildman–Crippen MR) is 95.5 cm³/mol. The first kappa shape index (κ1) is 13.8. The number of nitrogens with zero attached hydrogens (tertiary/aromatic N) is 2. The lowest BCUT2D eigenvalue weighted by molar-refractivity contribution is 1.19. The first-order chi connectivity index (χ1) is 11.2. The van der Waals surface area contributed by atoms with Crippen molar-refractivity contribution in [2.45, 2.75) is 13.8 Å². The van der Waals surface area contributed by atoms with E-state index in [2.05, 4.69) is 79.0 Å². The van der Waals surface area contributed by atoms with Gasteiger partial charge in [-0.25, -0.2) is 4.98 Å². The minimum Gasteiger partial charge on any atom is -0.299 e. The molecular weight excluding hydrogens is 280 g/mol. The van der Waals surface area contributed by atoms with Gasteiger partial charge >= 0.3 is 0 Å². The first-order valence-corrected chi connectivity index (χ1v) is 7.83. The van der Waals surface area contributed by atoms with Crippen molar-refractivity contribution in [1.29, 1.82) is 0 Å². The van der Waals surface area contributed by atoms with Gasteiger partial charge in [-0.1, -0.05) is 53.6 Å². The van der Waals surface area contributed by atoms with Crippen LogP contribution in [0.1, 0.15) is 11.1 Å². The smallest absolute Gasteiger partial charge is 0.137 e. The SMILES string of the molecule is Cc1cc(C)cc(-c2c(-c3ccccc3)nc3ccccn23)c1. The van der Waals surface area contributed by atoms with Gasteiger partial charge in [-0.15, -0.1) is 0 Å². The molecule has 0 aliphatic carbocycles. The molecule has 0 radical (unpaired) electrons. The molecule has 0 N–H and O–H groups in total. The number of pyridine rings is 1. The molecule has 0 aliphatic rings. The molecule has 0 unspecified atom stereocenters. The summed E-state index contributed by atoms with van der Waals surface area (Å²) >= 11 is 0. The minimum absolute atomic E-state index is 0.973. The Balaban J connectivity index is 2.07. The molecule has 0 bridgehead atoms. The molecule has 112 valence electrons. The summed E-state index contributed by atoms with van der Waals surface area (Å²) in [6, 6.07) is 23.2. The summed E-state index contributed by atoms with van der Waals surface area (Å²) in [4.78, 5) is 4.88. The van der Waals surface area contributed by atoms with Crippen LogP contribution in [0.15, 0.2) is 72.9 Å². The summed E-state index contributed by atoms with van der Waals surface area (Å²) in [5.41, 5.74) is 8.04. The van der Waals surface area contributed by atoms with Crippen LogP contribution < -0.4 is 0 Å². The second kappa shape index (κ2) is 5.40. The van der Waals surface area contributed by atoms with E-state index in [9.17, 15) is 0 Å². The Bertz CT molecular complexity index is 961.